The summed E-state index contributed by atoms with van der Waals surface area (Å²) in [7, 11) is 0. The van der Waals surface area contributed by atoms with E-state index in [1.165, 1.54) is 17.0 Å². The number of benzene rings is 1. The number of esters is 1. The number of carbonyl (C=O) groups excluding carboxylic acids is 4. The molecule has 0 radical (unpaired) electrons. The van der Waals surface area contributed by atoms with Gasteiger partial charge in [-0.1, -0.05) is 6.07 Å². The monoisotopic (exact) mass is 405 g/mol. The van der Waals surface area contributed by atoms with Crippen molar-refractivity contribution in [1.82, 2.24) is 4.90 Å². The van der Waals surface area contributed by atoms with Crippen LogP contribution in [-0.4, -0.2) is 54.1 Å². The summed E-state index contributed by atoms with van der Waals surface area (Å²) in [5.74, 6) is -1.89. The molecule has 9 heteroatoms. The molecule has 0 spiro atoms. The molecule has 1 aliphatic rings. The van der Waals surface area contributed by atoms with Crippen molar-refractivity contribution in [3.63, 3.8) is 0 Å². The van der Waals surface area contributed by atoms with Gasteiger partial charge in [-0.3, -0.25) is 14.9 Å². The van der Waals surface area contributed by atoms with Gasteiger partial charge >= 0.3 is 12.1 Å². The van der Waals surface area contributed by atoms with Crippen LogP contribution in [0.1, 0.15) is 44.0 Å². The molecule has 3 N–H and O–H groups in total. The molecule has 9 nitrogen and oxygen atoms in total. The molecule has 1 aromatic rings. The van der Waals surface area contributed by atoms with Crippen molar-refractivity contribution in [2.24, 2.45) is 11.7 Å². The van der Waals surface area contributed by atoms with Gasteiger partial charge < -0.3 is 20.1 Å². The number of nitrogens with two attached hydrogens (primary N) is 1. The molecule has 1 saturated heterocycles. The normalized spacial score (nSPS) is 16.7. The number of amides is 3. The Labute approximate surface area is 169 Å². The number of hydrogen-bond donors (Lipinski definition) is 2. The van der Waals surface area contributed by atoms with E-state index in [1.807, 2.05) is 0 Å². The molecule has 1 aromatic carbocycles. The fraction of sp³-hybridized carbons (Fsp3) is 0.500. The van der Waals surface area contributed by atoms with Crippen LogP contribution in [0, 0.1) is 5.92 Å². The molecule has 0 bridgehead atoms. The maximum atomic E-state index is 12.3. The quantitative estimate of drug-likeness (QED) is 0.720. The minimum atomic E-state index is -0.699. The predicted molar refractivity (Wildman–Crippen MR) is 105 cm³/mol. The van der Waals surface area contributed by atoms with Crippen molar-refractivity contribution in [3.8, 4) is 0 Å². The summed E-state index contributed by atoms with van der Waals surface area (Å²) < 4.78 is 10.3. The Morgan fingerprint density at radius 2 is 1.97 bits per heavy atom. The van der Waals surface area contributed by atoms with Gasteiger partial charge in [-0.05, 0) is 51.8 Å². The number of hydrogen-bond acceptors (Lipinski definition) is 6. The smallest absolute Gasteiger partial charge is 0.412 e. The Morgan fingerprint density at radius 3 is 2.62 bits per heavy atom. The number of ether oxygens (including phenoxy) is 2. The van der Waals surface area contributed by atoms with Crippen LogP contribution >= 0.6 is 0 Å². The molecular formula is C20H27N3O6. The number of nitrogens with one attached hydrogen (secondary N) is 1. The van der Waals surface area contributed by atoms with Crippen LogP contribution in [0.15, 0.2) is 24.3 Å². The summed E-state index contributed by atoms with van der Waals surface area (Å²) in [6.45, 7) is 5.52. The Kier molecular flexibility index (Phi) is 7.19. The lowest BCUT2D eigenvalue weighted by Gasteiger charge is -2.31. The van der Waals surface area contributed by atoms with Crippen molar-refractivity contribution in [1.29, 1.82) is 0 Å². The minimum absolute atomic E-state index is 0.181. The maximum Gasteiger partial charge on any atom is 0.412 e. The minimum Gasteiger partial charge on any atom is -0.452 e. The van der Waals surface area contributed by atoms with Gasteiger partial charge in [-0.2, -0.15) is 0 Å². The number of nitrogens with zero attached hydrogens (tertiary/aromatic N) is 1. The van der Waals surface area contributed by atoms with Crippen LogP contribution < -0.4 is 11.1 Å². The lowest BCUT2D eigenvalue weighted by atomic mass is 9.97. The molecule has 2 rings (SSSR count). The first-order valence-corrected chi connectivity index (χ1v) is 9.39. The molecule has 158 valence electrons. The largest absolute Gasteiger partial charge is 0.452 e. The van der Waals surface area contributed by atoms with Crippen molar-refractivity contribution in [2.45, 2.75) is 39.2 Å². The first kappa shape index (κ1) is 22.2. The second-order valence-corrected chi connectivity index (χ2v) is 7.87. The van der Waals surface area contributed by atoms with E-state index in [0.29, 0.717) is 25.1 Å². The van der Waals surface area contributed by atoms with Crippen molar-refractivity contribution < 1.29 is 28.7 Å². The fourth-order valence-corrected chi connectivity index (χ4v) is 2.88. The first-order valence-electron chi connectivity index (χ1n) is 9.39. The van der Waals surface area contributed by atoms with Gasteiger partial charge in [-0.25, -0.2) is 9.59 Å². The molecule has 29 heavy (non-hydrogen) atoms. The third-order valence-electron chi connectivity index (χ3n) is 4.25. The van der Waals surface area contributed by atoms with E-state index in [1.54, 1.807) is 32.9 Å². The van der Waals surface area contributed by atoms with Crippen LogP contribution in [0.2, 0.25) is 0 Å². The van der Waals surface area contributed by atoms with E-state index in [4.69, 9.17) is 15.2 Å². The third kappa shape index (κ3) is 7.10. The van der Waals surface area contributed by atoms with Crippen molar-refractivity contribution >= 4 is 29.6 Å². The summed E-state index contributed by atoms with van der Waals surface area (Å²) in [6, 6.07) is 6.12. The van der Waals surface area contributed by atoms with E-state index < -0.39 is 30.2 Å². The molecule has 0 saturated carbocycles. The zero-order chi connectivity index (χ0) is 21.6. The van der Waals surface area contributed by atoms with Crippen LogP contribution in [0.5, 0.6) is 0 Å². The Balaban J connectivity index is 1.90. The lowest BCUT2D eigenvalue weighted by molar-refractivity contribution is -0.137. The van der Waals surface area contributed by atoms with Gasteiger partial charge in [0.2, 0.25) is 5.91 Å². The number of primary amides is 1. The van der Waals surface area contributed by atoms with Gasteiger partial charge in [0.25, 0.3) is 5.91 Å². The van der Waals surface area contributed by atoms with Gasteiger partial charge in [0, 0.05) is 18.8 Å². The second kappa shape index (κ2) is 9.40. The summed E-state index contributed by atoms with van der Waals surface area (Å²) in [4.78, 5) is 49.2. The number of piperidine rings is 1. The van der Waals surface area contributed by atoms with E-state index in [9.17, 15) is 19.2 Å². The van der Waals surface area contributed by atoms with E-state index >= 15 is 0 Å². The highest BCUT2D eigenvalue weighted by Crippen LogP contribution is 2.17. The zero-order valence-electron chi connectivity index (χ0n) is 16.9. The van der Waals surface area contributed by atoms with Crippen LogP contribution in [0.4, 0.5) is 10.5 Å². The van der Waals surface area contributed by atoms with Crippen molar-refractivity contribution in [3.05, 3.63) is 29.8 Å². The highest BCUT2D eigenvalue weighted by atomic mass is 16.6. The number of anilines is 1. The van der Waals surface area contributed by atoms with Gasteiger partial charge in [0.1, 0.15) is 5.60 Å². The van der Waals surface area contributed by atoms with Crippen LogP contribution in [0.25, 0.3) is 0 Å². The summed E-state index contributed by atoms with van der Waals surface area (Å²) in [6.07, 6.45) is 0.675. The Bertz CT molecular complexity index is 787. The molecule has 1 atom stereocenters. The van der Waals surface area contributed by atoms with E-state index in [0.717, 1.165) is 0 Å². The SMILES string of the molecule is CC(C)(C)OC(=O)Nc1cccc(C(=O)OCC(=O)N2CCC[C@H](C(N)=O)C2)c1. The summed E-state index contributed by atoms with van der Waals surface area (Å²) >= 11 is 0. The molecule has 0 unspecified atom stereocenters. The highest BCUT2D eigenvalue weighted by molar-refractivity contribution is 5.94. The molecule has 3 amide bonds. The van der Waals surface area contributed by atoms with Gasteiger partial charge in [0.05, 0.1) is 11.5 Å². The lowest BCUT2D eigenvalue weighted by Crippen LogP contribution is -2.45. The summed E-state index contributed by atoms with van der Waals surface area (Å²) in [5, 5.41) is 2.54. The number of rotatable bonds is 5. The number of likely N-dealkylation sites (tertiary alicyclic amines) is 1. The van der Waals surface area contributed by atoms with Crippen molar-refractivity contribution in [2.75, 3.05) is 25.0 Å². The molecule has 1 aliphatic heterocycles. The molecule has 1 fully saturated rings. The van der Waals surface area contributed by atoms with Gasteiger partial charge in [0.15, 0.2) is 6.61 Å². The Hall–Kier alpha value is -3.10. The average Bonchev–Trinajstić information content (AvgIpc) is 2.64. The topological polar surface area (TPSA) is 128 Å². The Morgan fingerprint density at radius 1 is 1.24 bits per heavy atom. The molecule has 0 aromatic heterocycles. The van der Waals surface area contributed by atoms with Crippen LogP contribution in [-0.2, 0) is 19.1 Å². The maximum absolute atomic E-state index is 12.3. The predicted octanol–water partition coefficient (Wildman–Crippen LogP) is 1.91. The van der Waals surface area contributed by atoms with E-state index in [-0.39, 0.29) is 23.9 Å². The van der Waals surface area contributed by atoms with E-state index in [2.05, 4.69) is 5.32 Å². The zero-order valence-corrected chi connectivity index (χ0v) is 16.9. The van der Waals surface area contributed by atoms with Crippen LogP contribution in [0.3, 0.4) is 0 Å². The second-order valence-electron chi connectivity index (χ2n) is 7.87. The number of carbonyl (C=O) groups is 4. The summed E-state index contributed by atoms with van der Waals surface area (Å²) in [5.41, 5.74) is 5.20. The average molecular weight is 405 g/mol. The van der Waals surface area contributed by atoms with Gasteiger partial charge in [-0.15, -0.1) is 0 Å². The standard InChI is InChI=1S/C20H27N3O6/c1-20(2,3)29-19(27)22-15-8-4-6-13(10-15)18(26)28-12-16(24)23-9-5-7-14(11-23)17(21)25/h4,6,8,10,14H,5,7,9,11-12H2,1-3H3,(H2,21,25)(H,22,27)/t14-/m0/s1. The highest BCUT2D eigenvalue weighted by Gasteiger charge is 2.27. The molecule has 1 heterocycles. The molecule has 0 aliphatic carbocycles. The first-order chi connectivity index (χ1) is 13.5. The fourth-order valence-electron chi connectivity index (χ4n) is 2.88. The third-order valence-corrected chi connectivity index (χ3v) is 4.25. The molecular weight excluding hydrogens is 378 g/mol.